The summed E-state index contributed by atoms with van der Waals surface area (Å²) >= 11 is 0. The molecule has 4 rings (SSSR count). The van der Waals surface area contributed by atoms with Gasteiger partial charge in [-0.05, 0) is 25.0 Å². The third-order valence-electron chi connectivity index (χ3n) is 5.74. The minimum absolute atomic E-state index is 0.0885. The standard InChI is InChI=1S/C18H21F3N2O2/c1-22-14-9-23(12-4-6-18(20,21)7-5-12)10-16(14)25-15-8-11(19)2-3-13(15)17(22)24/h2-3,8,12,14,16H,4-7,9-10H2,1H3. The third kappa shape index (κ3) is 2.99. The lowest BCUT2D eigenvalue weighted by Crippen LogP contribution is -2.44. The van der Waals surface area contributed by atoms with Gasteiger partial charge in [0.2, 0.25) is 5.92 Å². The lowest BCUT2D eigenvalue weighted by molar-refractivity contribution is -0.0523. The predicted octanol–water partition coefficient (Wildman–Crippen LogP) is 2.92. The fourth-order valence-corrected chi connectivity index (χ4v) is 4.24. The van der Waals surface area contributed by atoms with Crippen LogP contribution in [0.2, 0.25) is 0 Å². The topological polar surface area (TPSA) is 32.8 Å². The first-order valence-electron chi connectivity index (χ1n) is 8.69. The zero-order valence-corrected chi connectivity index (χ0v) is 14.1. The summed E-state index contributed by atoms with van der Waals surface area (Å²) < 4.78 is 46.3. The minimum atomic E-state index is -2.56. The molecule has 2 unspecified atom stereocenters. The number of likely N-dealkylation sites (N-methyl/N-ethyl adjacent to an activating group) is 1. The van der Waals surface area contributed by atoms with Crippen LogP contribution in [0.25, 0.3) is 0 Å². The molecule has 25 heavy (non-hydrogen) atoms. The van der Waals surface area contributed by atoms with Gasteiger partial charge in [0, 0.05) is 45.1 Å². The number of fused-ring (bicyclic) bond motifs is 2. The van der Waals surface area contributed by atoms with Crippen molar-refractivity contribution in [2.75, 3.05) is 20.1 Å². The summed E-state index contributed by atoms with van der Waals surface area (Å²) in [5.41, 5.74) is 0.363. The Morgan fingerprint density at radius 1 is 1.20 bits per heavy atom. The number of nitrogens with zero attached hydrogens (tertiary/aromatic N) is 2. The van der Waals surface area contributed by atoms with E-state index in [1.807, 2.05) is 0 Å². The van der Waals surface area contributed by atoms with Crippen LogP contribution in [0.4, 0.5) is 13.2 Å². The number of halogens is 3. The molecule has 0 N–H and O–H groups in total. The van der Waals surface area contributed by atoms with Crippen molar-refractivity contribution >= 4 is 5.91 Å². The first kappa shape index (κ1) is 16.7. The molecule has 1 aromatic carbocycles. The first-order valence-corrected chi connectivity index (χ1v) is 8.69. The van der Waals surface area contributed by atoms with E-state index in [2.05, 4.69) is 4.90 Å². The van der Waals surface area contributed by atoms with Crippen LogP contribution in [0.1, 0.15) is 36.0 Å². The van der Waals surface area contributed by atoms with E-state index in [1.54, 1.807) is 11.9 Å². The van der Waals surface area contributed by atoms with E-state index in [9.17, 15) is 18.0 Å². The van der Waals surface area contributed by atoms with Crippen molar-refractivity contribution in [2.24, 2.45) is 0 Å². The quantitative estimate of drug-likeness (QED) is 0.777. The SMILES string of the molecule is CN1C(=O)c2ccc(F)cc2OC2CN(C3CCC(F)(F)CC3)CC21. The molecule has 7 heteroatoms. The molecule has 136 valence electrons. The monoisotopic (exact) mass is 354 g/mol. The summed E-state index contributed by atoms with van der Waals surface area (Å²) in [5.74, 6) is -2.93. The van der Waals surface area contributed by atoms with Gasteiger partial charge in [0.05, 0.1) is 11.6 Å². The number of hydrogen-bond acceptors (Lipinski definition) is 3. The van der Waals surface area contributed by atoms with E-state index in [1.165, 1.54) is 18.2 Å². The molecule has 2 fully saturated rings. The maximum absolute atomic E-state index is 13.5. The lowest BCUT2D eigenvalue weighted by atomic mass is 9.91. The molecule has 0 radical (unpaired) electrons. The Balaban J connectivity index is 1.54. The van der Waals surface area contributed by atoms with Gasteiger partial charge in [-0.25, -0.2) is 13.2 Å². The van der Waals surface area contributed by atoms with E-state index in [0.29, 0.717) is 31.5 Å². The molecule has 3 aliphatic rings. The summed E-state index contributed by atoms with van der Waals surface area (Å²) in [4.78, 5) is 16.5. The van der Waals surface area contributed by atoms with Crippen LogP contribution in [0.5, 0.6) is 5.75 Å². The molecule has 2 aliphatic heterocycles. The number of carbonyl (C=O) groups is 1. The number of likely N-dealkylation sites (tertiary alicyclic amines) is 1. The van der Waals surface area contributed by atoms with E-state index in [0.717, 1.165) is 0 Å². The first-order chi connectivity index (χ1) is 11.8. The summed E-state index contributed by atoms with van der Waals surface area (Å²) in [5, 5.41) is 0. The number of carbonyl (C=O) groups excluding carboxylic acids is 1. The third-order valence-corrected chi connectivity index (χ3v) is 5.74. The summed E-state index contributed by atoms with van der Waals surface area (Å²) in [7, 11) is 1.72. The summed E-state index contributed by atoms with van der Waals surface area (Å²) in [6, 6.07) is 3.87. The van der Waals surface area contributed by atoms with Crippen molar-refractivity contribution in [3.05, 3.63) is 29.6 Å². The van der Waals surface area contributed by atoms with Crippen LogP contribution in [0.15, 0.2) is 18.2 Å². The smallest absolute Gasteiger partial charge is 0.257 e. The molecule has 1 aromatic rings. The number of amides is 1. The highest BCUT2D eigenvalue weighted by atomic mass is 19.3. The lowest BCUT2D eigenvalue weighted by Gasteiger charge is -2.34. The van der Waals surface area contributed by atoms with Gasteiger partial charge in [0.15, 0.2) is 0 Å². The molecule has 0 aromatic heterocycles. The van der Waals surface area contributed by atoms with Crippen molar-refractivity contribution in [3.63, 3.8) is 0 Å². The van der Waals surface area contributed by atoms with Crippen molar-refractivity contribution in [2.45, 2.75) is 49.8 Å². The molecule has 1 aliphatic carbocycles. The second-order valence-electron chi connectivity index (χ2n) is 7.32. The Bertz CT molecular complexity index is 687. The molecule has 0 bridgehead atoms. The van der Waals surface area contributed by atoms with Crippen molar-refractivity contribution < 1.29 is 22.7 Å². The van der Waals surface area contributed by atoms with E-state index >= 15 is 0 Å². The molecule has 4 nitrogen and oxygen atoms in total. The average molecular weight is 354 g/mol. The zero-order chi connectivity index (χ0) is 17.8. The Morgan fingerprint density at radius 3 is 2.64 bits per heavy atom. The Kier molecular flexibility index (Phi) is 3.94. The van der Waals surface area contributed by atoms with Gasteiger partial charge in [-0.3, -0.25) is 9.69 Å². The van der Waals surface area contributed by atoms with Gasteiger partial charge < -0.3 is 9.64 Å². The summed E-state index contributed by atoms with van der Waals surface area (Å²) in [6.45, 7) is 1.16. The number of rotatable bonds is 1. The van der Waals surface area contributed by atoms with Crippen molar-refractivity contribution in [3.8, 4) is 5.75 Å². The average Bonchev–Trinajstić information content (AvgIpc) is 2.94. The molecule has 2 heterocycles. The molecular weight excluding hydrogens is 333 g/mol. The fraction of sp³-hybridized carbons (Fsp3) is 0.611. The van der Waals surface area contributed by atoms with Crippen LogP contribution in [-0.2, 0) is 0 Å². The molecule has 1 saturated heterocycles. The van der Waals surface area contributed by atoms with Crippen LogP contribution in [0.3, 0.4) is 0 Å². The van der Waals surface area contributed by atoms with Crippen LogP contribution < -0.4 is 4.74 Å². The second kappa shape index (κ2) is 5.90. The predicted molar refractivity (Wildman–Crippen MR) is 85.5 cm³/mol. The van der Waals surface area contributed by atoms with Gasteiger partial charge in [-0.2, -0.15) is 0 Å². The second-order valence-corrected chi connectivity index (χ2v) is 7.32. The van der Waals surface area contributed by atoms with Crippen molar-refractivity contribution in [1.82, 2.24) is 9.80 Å². The molecule has 2 atom stereocenters. The number of hydrogen-bond donors (Lipinski definition) is 0. The Labute approximate surface area is 144 Å². The van der Waals surface area contributed by atoms with Crippen LogP contribution in [-0.4, -0.2) is 60.0 Å². The Morgan fingerprint density at radius 2 is 1.92 bits per heavy atom. The maximum Gasteiger partial charge on any atom is 0.257 e. The maximum atomic E-state index is 13.5. The fourth-order valence-electron chi connectivity index (χ4n) is 4.24. The van der Waals surface area contributed by atoms with Crippen molar-refractivity contribution in [1.29, 1.82) is 0 Å². The van der Waals surface area contributed by atoms with E-state index in [-0.39, 0.29) is 42.7 Å². The van der Waals surface area contributed by atoms with E-state index in [4.69, 9.17) is 4.74 Å². The highest BCUT2D eigenvalue weighted by Crippen LogP contribution is 2.38. The van der Waals surface area contributed by atoms with Gasteiger partial charge in [0.1, 0.15) is 17.7 Å². The number of benzene rings is 1. The number of alkyl halides is 2. The van der Waals surface area contributed by atoms with Gasteiger partial charge in [-0.15, -0.1) is 0 Å². The Hall–Kier alpha value is -1.76. The zero-order valence-electron chi connectivity index (χ0n) is 14.1. The molecule has 0 spiro atoms. The highest BCUT2D eigenvalue weighted by Gasteiger charge is 2.46. The largest absolute Gasteiger partial charge is 0.486 e. The van der Waals surface area contributed by atoms with Crippen LogP contribution >= 0.6 is 0 Å². The van der Waals surface area contributed by atoms with Gasteiger partial charge in [-0.1, -0.05) is 0 Å². The molecule has 1 amide bonds. The van der Waals surface area contributed by atoms with E-state index < -0.39 is 11.7 Å². The highest BCUT2D eigenvalue weighted by molar-refractivity contribution is 5.97. The summed E-state index contributed by atoms with van der Waals surface area (Å²) in [6.07, 6.45) is 0.449. The normalized spacial score (nSPS) is 29.8. The molecular formula is C18H21F3N2O2. The molecule has 1 saturated carbocycles. The van der Waals surface area contributed by atoms with Gasteiger partial charge >= 0.3 is 0 Å². The number of ether oxygens (including phenoxy) is 1. The van der Waals surface area contributed by atoms with Crippen LogP contribution in [0, 0.1) is 5.82 Å². The minimum Gasteiger partial charge on any atom is -0.486 e. The van der Waals surface area contributed by atoms with Gasteiger partial charge in [0.25, 0.3) is 5.91 Å².